The summed E-state index contributed by atoms with van der Waals surface area (Å²) >= 11 is 3.18. The van der Waals surface area contributed by atoms with Crippen molar-refractivity contribution in [2.75, 3.05) is 0 Å². The Morgan fingerprint density at radius 2 is 1.97 bits per heavy atom. The van der Waals surface area contributed by atoms with Gasteiger partial charge in [0.05, 0.1) is 5.75 Å². The summed E-state index contributed by atoms with van der Waals surface area (Å²) in [6, 6.07) is 12.3. The van der Waals surface area contributed by atoms with E-state index in [1.807, 2.05) is 25.2 Å². The van der Waals surface area contributed by atoms with Crippen LogP contribution in [0.4, 0.5) is 0 Å². The molecule has 4 aromatic heterocycles. The van der Waals surface area contributed by atoms with Gasteiger partial charge >= 0.3 is 5.69 Å². The molecule has 0 aliphatic rings. The highest BCUT2D eigenvalue weighted by Crippen LogP contribution is 2.36. The Bertz CT molecular complexity index is 1570. The molecule has 0 spiro atoms. The van der Waals surface area contributed by atoms with Crippen molar-refractivity contribution in [2.24, 2.45) is 7.05 Å². The van der Waals surface area contributed by atoms with Gasteiger partial charge in [-0.3, -0.25) is 14.3 Å². The minimum absolute atomic E-state index is 0.413. The summed E-state index contributed by atoms with van der Waals surface area (Å²) in [4.78, 5) is 43.0. The van der Waals surface area contributed by atoms with Gasteiger partial charge in [-0.2, -0.15) is 0 Å². The number of unbranched alkanes of at least 4 members (excludes halogenated alkanes) is 1. The highest BCUT2D eigenvalue weighted by atomic mass is 32.2. The van der Waals surface area contributed by atoms with Crippen LogP contribution in [0.1, 0.15) is 25.6 Å². The number of nitrogens with zero attached hydrogens (tertiary/aromatic N) is 5. The van der Waals surface area contributed by atoms with Crippen LogP contribution in [-0.4, -0.2) is 29.1 Å². The number of thioether (sulfide) groups is 1. The molecule has 33 heavy (non-hydrogen) atoms. The predicted octanol–water partition coefficient (Wildman–Crippen LogP) is 4.19. The second-order valence-electron chi connectivity index (χ2n) is 7.69. The van der Waals surface area contributed by atoms with E-state index in [1.54, 1.807) is 38.6 Å². The number of rotatable bonds is 7. The molecule has 0 atom stereocenters. The van der Waals surface area contributed by atoms with Gasteiger partial charge in [0.15, 0.2) is 11.2 Å². The van der Waals surface area contributed by atoms with E-state index in [1.165, 1.54) is 0 Å². The monoisotopic (exact) mass is 478 g/mol. The first-order chi connectivity index (χ1) is 16.1. The summed E-state index contributed by atoms with van der Waals surface area (Å²) in [5.41, 5.74) is 1.17. The maximum atomic E-state index is 12.5. The van der Waals surface area contributed by atoms with Crippen LogP contribution in [-0.2, 0) is 19.3 Å². The maximum absolute atomic E-state index is 12.5. The zero-order valence-electron chi connectivity index (χ0n) is 18.2. The van der Waals surface area contributed by atoms with Gasteiger partial charge in [0.25, 0.3) is 5.56 Å². The molecule has 0 radical (unpaired) electrons. The van der Waals surface area contributed by atoms with Gasteiger partial charge in [0, 0.05) is 23.9 Å². The highest BCUT2D eigenvalue weighted by Gasteiger charge is 2.18. The summed E-state index contributed by atoms with van der Waals surface area (Å²) in [5.74, 6) is 1.22. The standard InChI is InChI=1S/C23H22N6O2S2/c1-3-4-10-29-19-18(20(30)27-23(29)31)28(2)17(26-19)12-32-21-15-11-16(14-8-6-5-7-9-14)33-22(15)25-13-24-21/h5-9,11,13H,3-4,10,12H2,1-2H3,(H,27,30,31). The van der Waals surface area contributed by atoms with Crippen molar-refractivity contribution in [2.45, 2.75) is 37.1 Å². The second kappa shape index (κ2) is 8.95. The second-order valence-corrected chi connectivity index (χ2v) is 9.68. The molecule has 8 nitrogen and oxygen atoms in total. The van der Waals surface area contributed by atoms with E-state index in [2.05, 4.69) is 45.1 Å². The van der Waals surface area contributed by atoms with Crippen molar-refractivity contribution in [1.29, 1.82) is 0 Å². The Kier molecular flexibility index (Phi) is 5.86. The smallest absolute Gasteiger partial charge is 0.325 e. The molecule has 5 rings (SSSR count). The summed E-state index contributed by atoms with van der Waals surface area (Å²) in [6.07, 6.45) is 3.36. The molecule has 1 N–H and O–H groups in total. The van der Waals surface area contributed by atoms with Crippen LogP contribution in [0.3, 0.4) is 0 Å². The fourth-order valence-corrected chi connectivity index (χ4v) is 5.80. The van der Waals surface area contributed by atoms with Crippen LogP contribution in [0.25, 0.3) is 31.8 Å². The predicted molar refractivity (Wildman–Crippen MR) is 133 cm³/mol. The number of hydrogen-bond donors (Lipinski definition) is 1. The Balaban J connectivity index is 1.49. The molecule has 0 bridgehead atoms. The molecule has 168 valence electrons. The first-order valence-electron chi connectivity index (χ1n) is 10.7. The molecular formula is C23H22N6O2S2. The molecule has 0 aliphatic heterocycles. The van der Waals surface area contributed by atoms with Crippen molar-refractivity contribution >= 4 is 44.5 Å². The summed E-state index contributed by atoms with van der Waals surface area (Å²) in [6.45, 7) is 2.58. The minimum Gasteiger partial charge on any atom is -0.325 e. The SMILES string of the molecule is CCCCn1c(=O)[nH]c(=O)c2c1nc(CSc1ncnc3sc(-c4ccccc4)cc13)n2C. The topological polar surface area (TPSA) is 98.5 Å². The summed E-state index contributed by atoms with van der Waals surface area (Å²) in [7, 11) is 1.81. The average molecular weight is 479 g/mol. The van der Waals surface area contributed by atoms with Crippen molar-refractivity contribution < 1.29 is 0 Å². The number of hydrogen-bond acceptors (Lipinski definition) is 7. The van der Waals surface area contributed by atoms with Crippen LogP contribution in [0, 0.1) is 0 Å². The number of benzene rings is 1. The first-order valence-corrected chi connectivity index (χ1v) is 12.5. The summed E-state index contributed by atoms with van der Waals surface area (Å²) in [5, 5.41) is 1.87. The number of H-pyrrole nitrogens is 1. The van der Waals surface area contributed by atoms with Crippen LogP contribution in [0.15, 0.2) is 57.3 Å². The van der Waals surface area contributed by atoms with Gasteiger partial charge in [-0.05, 0) is 18.1 Å². The van der Waals surface area contributed by atoms with Gasteiger partial charge in [-0.25, -0.2) is 19.7 Å². The maximum Gasteiger partial charge on any atom is 0.330 e. The average Bonchev–Trinajstić information content (AvgIpc) is 3.40. The number of aromatic nitrogens is 6. The van der Waals surface area contributed by atoms with Crippen molar-refractivity contribution in [1.82, 2.24) is 29.1 Å². The Hall–Kier alpha value is -3.24. The van der Waals surface area contributed by atoms with Gasteiger partial charge in [-0.1, -0.05) is 55.4 Å². The number of aryl methyl sites for hydroxylation is 2. The first kappa shape index (κ1) is 21.6. The molecule has 4 heterocycles. The van der Waals surface area contributed by atoms with E-state index < -0.39 is 11.2 Å². The molecule has 1 aromatic carbocycles. The number of nitrogens with one attached hydrogen (secondary N) is 1. The normalized spacial score (nSPS) is 11.6. The molecular weight excluding hydrogens is 456 g/mol. The zero-order valence-corrected chi connectivity index (χ0v) is 19.9. The largest absolute Gasteiger partial charge is 0.330 e. The van der Waals surface area contributed by atoms with Gasteiger partial charge < -0.3 is 4.57 Å². The van der Waals surface area contributed by atoms with Crippen molar-refractivity contribution in [3.63, 3.8) is 0 Å². The molecule has 0 saturated carbocycles. The highest BCUT2D eigenvalue weighted by molar-refractivity contribution is 7.98. The lowest BCUT2D eigenvalue weighted by molar-refractivity contribution is 0.613. The number of thiophene rings is 1. The lowest BCUT2D eigenvalue weighted by Gasteiger charge is -2.04. The van der Waals surface area contributed by atoms with Gasteiger partial charge in [0.1, 0.15) is 22.0 Å². The molecule has 5 aromatic rings. The van der Waals surface area contributed by atoms with E-state index in [9.17, 15) is 9.59 Å². The number of imidazole rings is 1. The van der Waals surface area contributed by atoms with Gasteiger partial charge in [-0.15, -0.1) is 11.3 Å². The molecule has 0 aliphatic carbocycles. The molecule has 0 saturated heterocycles. The van der Waals surface area contributed by atoms with E-state index in [-0.39, 0.29) is 0 Å². The lowest BCUT2D eigenvalue weighted by atomic mass is 10.2. The quantitative estimate of drug-likeness (QED) is 0.278. The summed E-state index contributed by atoms with van der Waals surface area (Å²) < 4.78 is 3.33. The van der Waals surface area contributed by atoms with Crippen LogP contribution in [0.2, 0.25) is 0 Å². The fraction of sp³-hybridized carbons (Fsp3) is 0.261. The van der Waals surface area contributed by atoms with Crippen LogP contribution >= 0.6 is 23.1 Å². The molecule has 10 heteroatoms. The van der Waals surface area contributed by atoms with Crippen molar-refractivity contribution in [3.05, 3.63) is 69.4 Å². The van der Waals surface area contributed by atoms with Crippen LogP contribution in [0.5, 0.6) is 0 Å². The van der Waals surface area contributed by atoms with Gasteiger partial charge in [0.2, 0.25) is 0 Å². The fourth-order valence-electron chi connectivity index (χ4n) is 3.77. The third kappa shape index (κ3) is 4.00. The third-order valence-electron chi connectivity index (χ3n) is 5.53. The Morgan fingerprint density at radius 3 is 2.76 bits per heavy atom. The van der Waals surface area contributed by atoms with Crippen LogP contribution < -0.4 is 11.2 Å². The van der Waals surface area contributed by atoms with E-state index in [4.69, 9.17) is 0 Å². The number of fused-ring (bicyclic) bond motifs is 2. The van der Waals surface area contributed by atoms with E-state index >= 15 is 0 Å². The lowest BCUT2D eigenvalue weighted by Crippen LogP contribution is -2.31. The number of aromatic amines is 1. The Labute approximate surface area is 197 Å². The van der Waals surface area contributed by atoms with Crippen molar-refractivity contribution in [3.8, 4) is 10.4 Å². The minimum atomic E-state index is -0.414. The molecule has 0 amide bonds. The zero-order chi connectivity index (χ0) is 22.9. The van der Waals surface area contributed by atoms with E-state index in [0.29, 0.717) is 29.3 Å². The molecule has 0 fully saturated rings. The Morgan fingerprint density at radius 1 is 1.15 bits per heavy atom. The molecule has 0 unspecified atom stereocenters. The van der Waals surface area contributed by atoms with E-state index in [0.717, 1.165) is 38.5 Å². The third-order valence-corrected chi connectivity index (χ3v) is 7.62.